The summed E-state index contributed by atoms with van der Waals surface area (Å²) in [6.45, 7) is 4.05. The zero-order valence-corrected chi connectivity index (χ0v) is 8.80. The Balaban J connectivity index is 3.36. The molecule has 1 aromatic rings. The van der Waals surface area contributed by atoms with Crippen molar-refractivity contribution in [1.82, 2.24) is 0 Å². The zero-order valence-electron chi connectivity index (χ0n) is 7.09. The van der Waals surface area contributed by atoms with E-state index >= 15 is 0 Å². The van der Waals surface area contributed by atoms with E-state index in [2.05, 4.69) is 12.6 Å². The molecule has 12 heavy (non-hydrogen) atoms. The van der Waals surface area contributed by atoms with Gasteiger partial charge in [-0.2, -0.15) is 0 Å². The molecule has 3 heteroatoms. The molecule has 0 spiro atoms. The van der Waals surface area contributed by atoms with Crippen LogP contribution in [0.1, 0.15) is 16.7 Å². The predicted octanol–water partition coefficient (Wildman–Crippen LogP) is 2.23. The van der Waals surface area contributed by atoms with E-state index in [-0.39, 0.29) is 0 Å². The van der Waals surface area contributed by atoms with Gasteiger partial charge in [-0.25, -0.2) is 0 Å². The molecule has 1 rings (SSSR count). The van der Waals surface area contributed by atoms with Crippen molar-refractivity contribution in [3.05, 3.63) is 28.8 Å². The van der Waals surface area contributed by atoms with Crippen LogP contribution >= 0.6 is 24.8 Å². The molecule has 0 fully saturated rings. The lowest BCUT2D eigenvalue weighted by Gasteiger charge is -2.08. The van der Waals surface area contributed by atoms with Crippen LogP contribution in [0.15, 0.2) is 17.0 Å². The van der Waals surface area contributed by atoms with Crippen LogP contribution in [0.3, 0.4) is 0 Å². The summed E-state index contributed by atoms with van der Waals surface area (Å²) in [7, 11) is 0. The van der Waals surface area contributed by atoms with Crippen molar-refractivity contribution in [2.24, 2.45) is 5.73 Å². The second-order valence-corrected chi connectivity index (χ2v) is 3.65. The zero-order chi connectivity index (χ0) is 9.30. The first-order chi connectivity index (χ1) is 5.54. The van der Waals surface area contributed by atoms with Gasteiger partial charge in [0.15, 0.2) is 0 Å². The van der Waals surface area contributed by atoms with Gasteiger partial charge in [-0.3, -0.25) is 0 Å². The Morgan fingerprint density at radius 1 is 1.42 bits per heavy atom. The van der Waals surface area contributed by atoms with Crippen LogP contribution in [-0.2, 0) is 0 Å². The third kappa shape index (κ3) is 1.62. The molecule has 0 saturated heterocycles. The molecule has 0 unspecified atom stereocenters. The summed E-state index contributed by atoms with van der Waals surface area (Å²) in [5.74, 6) is 0. The van der Waals surface area contributed by atoms with E-state index in [1.165, 1.54) is 5.56 Å². The lowest BCUT2D eigenvalue weighted by atomic mass is 10.1. The molecule has 0 amide bonds. The van der Waals surface area contributed by atoms with Crippen molar-refractivity contribution in [1.29, 1.82) is 0 Å². The van der Waals surface area contributed by atoms with Crippen molar-refractivity contribution < 1.29 is 0 Å². The number of thiol groups is 1. The van der Waals surface area contributed by atoms with Crippen molar-refractivity contribution in [3.8, 4) is 0 Å². The highest BCUT2D eigenvalue weighted by Crippen LogP contribution is 2.21. The van der Waals surface area contributed by atoms with E-state index < -0.39 is 0 Å². The first-order valence-electron chi connectivity index (χ1n) is 3.63. The van der Waals surface area contributed by atoms with E-state index in [0.717, 1.165) is 16.0 Å². The Bertz CT molecular complexity index is 332. The summed E-state index contributed by atoms with van der Waals surface area (Å²) in [6.07, 6.45) is 0. The van der Waals surface area contributed by atoms with Gasteiger partial charge in [-0.1, -0.05) is 24.4 Å². The molecule has 0 atom stereocenters. The van der Waals surface area contributed by atoms with Gasteiger partial charge in [0, 0.05) is 10.5 Å². The van der Waals surface area contributed by atoms with E-state index in [1.807, 2.05) is 26.0 Å². The average molecular weight is 197 g/mol. The van der Waals surface area contributed by atoms with Crippen molar-refractivity contribution in [2.75, 3.05) is 0 Å². The molecule has 0 aromatic heterocycles. The molecule has 0 aliphatic heterocycles. The fourth-order valence-electron chi connectivity index (χ4n) is 1.000. The maximum Gasteiger partial charge on any atom is 0.105 e. The largest absolute Gasteiger partial charge is 0.389 e. The van der Waals surface area contributed by atoms with Gasteiger partial charge in [0.1, 0.15) is 4.99 Å². The number of benzene rings is 1. The highest BCUT2D eigenvalue weighted by Gasteiger charge is 2.05. The molecule has 2 N–H and O–H groups in total. The van der Waals surface area contributed by atoms with E-state index in [4.69, 9.17) is 18.0 Å². The van der Waals surface area contributed by atoms with E-state index in [9.17, 15) is 0 Å². The standard InChI is InChI=1S/C9H11NS2/c1-5-3-4-7(9(10)12)8(11)6(5)2/h3-4,11H,1-2H3,(H2,10,12). The Kier molecular flexibility index (Phi) is 2.75. The summed E-state index contributed by atoms with van der Waals surface area (Å²) in [5, 5.41) is 0. The first-order valence-corrected chi connectivity index (χ1v) is 4.48. The fraction of sp³-hybridized carbons (Fsp3) is 0.222. The molecule has 0 bridgehead atoms. The number of rotatable bonds is 1. The molecule has 0 aliphatic carbocycles. The van der Waals surface area contributed by atoms with Gasteiger partial charge in [0.2, 0.25) is 0 Å². The number of hydrogen-bond acceptors (Lipinski definition) is 2. The summed E-state index contributed by atoms with van der Waals surface area (Å²) < 4.78 is 0. The van der Waals surface area contributed by atoms with Gasteiger partial charge in [0.05, 0.1) is 0 Å². The molecular formula is C9H11NS2. The molecular weight excluding hydrogens is 186 g/mol. The maximum atomic E-state index is 5.52. The molecule has 1 aromatic carbocycles. The van der Waals surface area contributed by atoms with Gasteiger partial charge in [-0.05, 0) is 25.0 Å². The van der Waals surface area contributed by atoms with E-state index in [1.54, 1.807) is 0 Å². The first kappa shape index (κ1) is 9.55. The molecule has 64 valence electrons. The van der Waals surface area contributed by atoms with Crippen LogP contribution in [0.25, 0.3) is 0 Å². The quantitative estimate of drug-likeness (QED) is 0.533. The van der Waals surface area contributed by atoms with Crippen molar-refractivity contribution >= 4 is 29.8 Å². The molecule has 0 aliphatic rings. The SMILES string of the molecule is Cc1ccc(C(N)=S)c(S)c1C. The van der Waals surface area contributed by atoms with Crippen LogP contribution in [0.5, 0.6) is 0 Å². The molecule has 0 saturated carbocycles. The summed E-state index contributed by atoms with van der Waals surface area (Å²) in [6, 6.07) is 3.91. The monoisotopic (exact) mass is 197 g/mol. The predicted molar refractivity (Wildman–Crippen MR) is 59.1 cm³/mol. The second kappa shape index (κ2) is 3.46. The van der Waals surface area contributed by atoms with Crippen LogP contribution in [-0.4, -0.2) is 4.99 Å². The van der Waals surface area contributed by atoms with Gasteiger partial charge < -0.3 is 5.73 Å². The Hall–Kier alpha value is -0.540. The Morgan fingerprint density at radius 2 is 2.00 bits per heavy atom. The third-order valence-corrected chi connectivity index (χ3v) is 2.76. The number of thiocarbonyl (C=S) groups is 1. The smallest absolute Gasteiger partial charge is 0.105 e. The minimum atomic E-state index is 0.406. The maximum absolute atomic E-state index is 5.52. The third-order valence-electron chi connectivity index (χ3n) is 1.97. The average Bonchev–Trinajstić information content (AvgIpc) is 2.00. The summed E-state index contributed by atoms with van der Waals surface area (Å²) >= 11 is 9.23. The lowest BCUT2D eigenvalue weighted by molar-refractivity contribution is 1.22. The Morgan fingerprint density at radius 3 is 2.50 bits per heavy atom. The minimum absolute atomic E-state index is 0.406. The summed E-state index contributed by atoms with van der Waals surface area (Å²) in [5.41, 5.74) is 8.72. The van der Waals surface area contributed by atoms with Gasteiger partial charge in [0.25, 0.3) is 0 Å². The summed E-state index contributed by atoms with van der Waals surface area (Å²) in [4.78, 5) is 1.30. The number of hydrogen-bond donors (Lipinski definition) is 2. The normalized spacial score (nSPS) is 9.92. The number of nitrogens with two attached hydrogens (primary N) is 1. The molecule has 0 heterocycles. The molecule has 1 nitrogen and oxygen atoms in total. The van der Waals surface area contributed by atoms with Gasteiger partial charge in [-0.15, -0.1) is 12.6 Å². The van der Waals surface area contributed by atoms with Crippen molar-refractivity contribution in [3.63, 3.8) is 0 Å². The Labute approximate surface area is 83.4 Å². The highest BCUT2D eigenvalue weighted by atomic mass is 32.1. The fourth-order valence-corrected chi connectivity index (χ4v) is 1.62. The second-order valence-electron chi connectivity index (χ2n) is 2.77. The topological polar surface area (TPSA) is 26.0 Å². The van der Waals surface area contributed by atoms with Crippen LogP contribution in [0, 0.1) is 13.8 Å². The molecule has 0 radical (unpaired) electrons. The number of aryl methyl sites for hydroxylation is 1. The minimum Gasteiger partial charge on any atom is -0.389 e. The van der Waals surface area contributed by atoms with Crippen LogP contribution in [0.2, 0.25) is 0 Å². The lowest BCUT2D eigenvalue weighted by Crippen LogP contribution is -2.11. The van der Waals surface area contributed by atoms with E-state index in [0.29, 0.717) is 4.99 Å². The van der Waals surface area contributed by atoms with Gasteiger partial charge >= 0.3 is 0 Å². The highest BCUT2D eigenvalue weighted by molar-refractivity contribution is 7.81. The van der Waals surface area contributed by atoms with Crippen LogP contribution in [0.4, 0.5) is 0 Å². The van der Waals surface area contributed by atoms with Crippen LogP contribution < -0.4 is 5.73 Å². The van der Waals surface area contributed by atoms with Crippen molar-refractivity contribution in [2.45, 2.75) is 18.7 Å².